The van der Waals surface area contributed by atoms with Crippen molar-refractivity contribution in [2.45, 2.75) is 44.3 Å². The molecule has 0 aromatic heterocycles. The number of methoxy groups -OCH3 is 1. The number of benzene rings is 3. The fourth-order valence-electron chi connectivity index (χ4n) is 4.84. The molecule has 4 rings (SSSR count). The van der Waals surface area contributed by atoms with Gasteiger partial charge in [-0.05, 0) is 36.2 Å². The van der Waals surface area contributed by atoms with Gasteiger partial charge in [-0.3, -0.25) is 19.2 Å². The monoisotopic (exact) mass is 576 g/mol. The van der Waals surface area contributed by atoms with Crippen LogP contribution in [0.2, 0.25) is 5.02 Å². The van der Waals surface area contributed by atoms with Gasteiger partial charge in [0.05, 0.1) is 12.8 Å². The molecule has 2 atom stereocenters. The molecular weight excluding hydrogens is 544 g/mol. The van der Waals surface area contributed by atoms with Gasteiger partial charge in [0.1, 0.15) is 17.8 Å². The van der Waals surface area contributed by atoms with E-state index >= 15 is 0 Å². The summed E-state index contributed by atoms with van der Waals surface area (Å²) in [6.45, 7) is 0.371. The highest BCUT2D eigenvalue weighted by Gasteiger charge is 2.36. The molecule has 10 heteroatoms. The molecule has 0 bridgehead atoms. The lowest BCUT2D eigenvalue weighted by Gasteiger charge is -2.36. The number of nitrogens with two attached hydrogens (primary N) is 1. The molecule has 0 aliphatic carbocycles. The third kappa shape index (κ3) is 7.50. The Bertz CT molecular complexity index is 1410. The Morgan fingerprint density at radius 1 is 1.00 bits per heavy atom. The molecule has 0 radical (unpaired) electrons. The number of amides is 3. The summed E-state index contributed by atoms with van der Waals surface area (Å²) in [6.07, 6.45) is 0.442. The molecule has 3 aromatic carbocycles. The SMILES string of the molecule is COc1cc(Cl)ccc1NC(=O)[C@H](CCN)NC(=O)[C@@H]1Cc2ccccc2CN1C(=O)CCC(=O)c1ccccc1. The number of nitrogens with zero attached hydrogens (tertiary/aromatic N) is 1. The number of nitrogens with one attached hydrogen (secondary N) is 2. The van der Waals surface area contributed by atoms with Crippen LogP contribution in [0.1, 0.15) is 40.7 Å². The molecular formula is C31H33ClN4O5. The van der Waals surface area contributed by atoms with Crippen LogP contribution in [-0.4, -0.2) is 54.1 Å². The summed E-state index contributed by atoms with van der Waals surface area (Å²) in [6, 6.07) is 19.4. The van der Waals surface area contributed by atoms with E-state index in [-0.39, 0.29) is 50.5 Å². The van der Waals surface area contributed by atoms with Gasteiger partial charge in [0.2, 0.25) is 17.7 Å². The Labute approximate surface area is 244 Å². The van der Waals surface area contributed by atoms with Gasteiger partial charge < -0.3 is 26.0 Å². The van der Waals surface area contributed by atoms with E-state index in [1.54, 1.807) is 42.5 Å². The zero-order chi connectivity index (χ0) is 29.4. The van der Waals surface area contributed by atoms with E-state index in [1.807, 2.05) is 30.3 Å². The van der Waals surface area contributed by atoms with Gasteiger partial charge in [0.25, 0.3) is 0 Å². The van der Waals surface area contributed by atoms with E-state index in [0.717, 1.165) is 11.1 Å². The molecule has 0 saturated heterocycles. The Hall–Kier alpha value is -4.21. The van der Waals surface area contributed by atoms with Crippen LogP contribution in [0.15, 0.2) is 72.8 Å². The van der Waals surface area contributed by atoms with E-state index in [0.29, 0.717) is 22.0 Å². The molecule has 0 fully saturated rings. The maximum absolute atomic E-state index is 13.7. The number of ether oxygens (including phenoxy) is 1. The van der Waals surface area contributed by atoms with Crippen LogP contribution in [0.5, 0.6) is 5.75 Å². The van der Waals surface area contributed by atoms with Crippen molar-refractivity contribution < 1.29 is 23.9 Å². The second-order valence-electron chi connectivity index (χ2n) is 9.77. The summed E-state index contributed by atoms with van der Waals surface area (Å²) < 4.78 is 5.31. The second-order valence-corrected chi connectivity index (χ2v) is 10.2. The Morgan fingerprint density at radius 3 is 2.41 bits per heavy atom. The predicted molar refractivity (Wildman–Crippen MR) is 157 cm³/mol. The zero-order valence-electron chi connectivity index (χ0n) is 22.8. The fourth-order valence-corrected chi connectivity index (χ4v) is 5.01. The number of Topliss-reactive ketones (excluding diaryl/α,β-unsaturated/α-hetero) is 1. The number of anilines is 1. The minimum atomic E-state index is -0.957. The molecule has 0 unspecified atom stereocenters. The Kier molecular flexibility index (Phi) is 10.1. The van der Waals surface area contributed by atoms with Gasteiger partial charge in [-0.25, -0.2) is 0 Å². The van der Waals surface area contributed by atoms with Crippen molar-refractivity contribution in [3.63, 3.8) is 0 Å². The molecule has 3 amide bonds. The maximum Gasteiger partial charge on any atom is 0.247 e. The molecule has 4 N–H and O–H groups in total. The van der Waals surface area contributed by atoms with Crippen molar-refractivity contribution in [2.24, 2.45) is 5.73 Å². The number of carbonyl (C=O) groups is 4. The fraction of sp³-hybridized carbons (Fsp3) is 0.290. The summed E-state index contributed by atoms with van der Waals surface area (Å²) in [5.74, 6) is -1.04. The van der Waals surface area contributed by atoms with Crippen LogP contribution in [0, 0.1) is 0 Å². The third-order valence-electron chi connectivity index (χ3n) is 7.04. The average molecular weight is 577 g/mol. The van der Waals surface area contributed by atoms with Crippen molar-refractivity contribution >= 4 is 40.8 Å². The summed E-state index contributed by atoms with van der Waals surface area (Å²) in [5, 5.41) is 6.02. The number of fused-ring (bicyclic) bond motifs is 1. The lowest BCUT2D eigenvalue weighted by molar-refractivity contribution is -0.142. The highest BCUT2D eigenvalue weighted by atomic mass is 35.5. The highest BCUT2D eigenvalue weighted by molar-refractivity contribution is 6.30. The number of halogens is 1. The van der Waals surface area contributed by atoms with Gasteiger partial charge in [0, 0.05) is 42.5 Å². The molecule has 0 spiro atoms. The number of carbonyl (C=O) groups excluding carboxylic acids is 4. The third-order valence-corrected chi connectivity index (χ3v) is 7.28. The summed E-state index contributed by atoms with van der Waals surface area (Å²) in [7, 11) is 1.46. The topological polar surface area (TPSA) is 131 Å². The van der Waals surface area contributed by atoms with E-state index in [9.17, 15) is 19.2 Å². The van der Waals surface area contributed by atoms with Gasteiger partial charge in [-0.1, -0.05) is 66.2 Å². The van der Waals surface area contributed by atoms with E-state index in [1.165, 1.54) is 12.0 Å². The summed E-state index contributed by atoms with van der Waals surface area (Å²) in [4.78, 5) is 54.4. The molecule has 1 aliphatic heterocycles. The van der Waals surface area contributed by atoms with Gasteiger partial charge in [0.15, 0.2) is 5.78 Å². The van der Waals surface area contributed by atoms with Crippen molar-refractivity contribution in [3.05, 3.63) is 94.5 Å². The number of ketones is 1. The van der Waals surface area contributed by atoms with Crippen molar-refractivity contribution in [1.82, 2.24) is 10.2 Å². The van der Waals surface area contributed by atoms with Crippen LogP contribution in [0.25, 0.3) is 0 Å². The molecule has 1 heterocycles. The normalized spacial score (nSPS) is 14.9. The minimum absolute atomic E-state index is 0.0243. The molecule has 41 heavy (non-hydrogen) atoms. The number of hydrogen-bond donors (Lipinski definition) is 3. The van der Waals surface area contributed by atoms with Gasteiger partial charge in [-0.15, -0.1) is 0 Å². The van der Waals surface area contributed by atoms with Crippen LogP contribution >= 0.6 is 11.6 Å². The average Bonchev–Trinajstić information content (AvgIpc) is 2.99. The smallest absolute Gasteiger partial charge is 0.247 e. The molecule has 1 aliphatic rings. The number of rotatable bonds is 11. The van der Waals surface area contributed by atoms with Crippen LogP contribution in [0.4, 0.5) is 5.69 Å². The van der Waals surface area contributed by atoms with E-state index < -0.39 is 23.9 Å². The maximum atomic E-state index is 13.7. The minimum Gasteiger partial charge on any atom is -0.495 e. The Morgan fingerprint density at radius 2 is 1.71 bits per heavy atom. The predicted octanol–water partition coefficient (Wildman–Crippen LogP) is 3.74. The van der Waals surface area contributed by atoms with Gasteiger partial charge >= 0.3 is 0 Å². The zero-order valence-corrected chi connectivity index (χ0v) is 23.5. The Balaban J connectivity index is 1.50. The van der Waals surface area contributed by atoms with E-state index in [4.69, 9.17) is 22.1 Å². The largest absolute Gasteiger partial charge is 0.495 e. The molecule has 214 valence electrons. The van der Waals surface area contributed by atoms with Crippen molar-refractivity contribution in [3.8, 4) is 5.75 Å². The summed E-state index contributed by atoms with van der Waals surface area (Å²) >= 11 is 6.03. The first-order valence-corrected chi connectivity index (χ1v) is 13.8. The first-order chi connectivity index (χ1) is 19.8. The quantitative estimate of drug-likeness (QED) is 0.298. The van der Waals surface area contributed by atoms with E-state index in [2.05, 4.69) is 10.6 Å². The molecule has 9 nitrogen and oxygen atoms in total. The van der Waals surface area contributed by atoms with Crippen molar-refractivity contribution in [2.75, 3.05) is 19.0 Å². The van der Waals surface area contributed by atoms with Crippen LogP contribution in [0.3, 0.4) is 0 Å². The van der Waals surface area contributed by atoms with Crippen LogP contribution in [-0.2, 0) is 27.3 Å². The lowest BCUT2D eigenvalue weighted by Crippen LogP contribution is -2.56. The lowest BCUT2D eigenvalue weighted by atomic mass is 9.92. The summed E-state index contributed by atoms with van der Waals surface area (Å²) in [5.41, 5.74) is 8.58. The number of hydrogen-bond acceptors (Lipinski definition) is 6. The first-order valence-electron chi connectivity index (χ1n) is 13.4. The van der Waals surface area contributed by atoms with Crippen LogP contribution < -0.4 is 21.1 Å². The molecule has 0 saturated carbocycles. The molecule has 3 aromatic rings. The van der Waals surface area contributed by atoms with Gasteiger partial charge in [-0.2, -0.15) is 0 Å². The first kappa shape index (κ1) is 29.8. The highest BCUT2D eigenvalue weighted by Crippen LogP contribution is 2.28. The van der Waals surface area contributed by atoms with Crippen molar-refractivity contribution in [1.29, 1.82) is 0 Å². The standard InChI is InChI=1S/C31H33ClN4O5/c1-41-28-18-23(32)11-12-24(28)34-30(39)25(15-16-33)35-31(40)26-17-21-9-5-6-10-22(21)19-36(26)29(38)14-13-27(37)20-7-3-2-4-8-20/h2-12,18,25-26H,13-17,19,33H2,1H3,(H,34,39)(H,35,40)/t25-,26-/m0/s1. The second kappa shape index (κ2) is 13.9.